The first kappa shape index (κ1) is 11.1. The van der Waals surface area contributed by atoms with Crippen molar-refractivity contribution in [1.82, 2.24) is 0 Å². The van der Waals surface area contributed by atoms with Crippen molar-refractivity contribution in [3.05, 3.63) is 34.7 Å². The fourth-order valence-corrected chi connectivity index (χ4v) is 2.89. The molecule has 1 atom stereocenters. The van der Waals surface area contributed by atoms with E-state index in [4.69, 9.17) is 5.11 Å². The van der Waals surface area contributed by atoms with Crippen molar-refractivity contribution in [2.24, 2.45) is 5.92 Å². The highest BCUT2D eigenvalue weighted by atomic mass is 32.1. The van der Waals surface area contributed by atoms with Gasteiger partial charge in [0.05, 0.1) is 5.92 Å². The van der Waals surface area contributed by atoms with Gasteiger partial charge in [-0.25, -0.2) is 0 Å². The fourth-order valence-electron chi connectivity index (χ4n) is 1.83. The number of rotatable bonds is 3. The van der Waals surface area contributed by atoms with Crippen LogP contribution in [0.3, 0.4) is 0 Å². The number of carboxylic acid groups (broad SMARTS) is 1. The summed E-state index contributed by atoms with van der Waals surface area (Å²) in [5.41, 5.74) is 2.41. The average Bonchev–Trinajstić information content (AvgIpc) is 2.63. The Bertz CT molecular complexity index is 528. The summed E-state index contributed by atoms with van der Waals surface area (Å²) in [6.45, 7) is 3.84. The Balaban J connectivity index is 2.39. The molecule has 2 rings (SSSR count). The number of aryl methyl sites for hydroxylation is 1. The molecule has 0 spiro atoms. The molecule has 1 aromatic carbocycles. The van der Waals surface area contributed by atoms with E-state index in [-0.39, 0.29) is 5.92 Å². The first-order valence-electron chi connectivity index (χ1n) is 5.28. The van der Waals surface area contributed by atoms with Gasteiger partial charge in [-0.2, -0.15) is 0 Å². The molecule has 2 nitrogen and oxygen atoms in total. The number of thiophene rings is 1. The van der Waals surface area contributed by atoms with Crippen LogP contribution in [0.5, 0.6) is 0 Å². The van der Waals surface area contributed by atoms with Gasteiger partial charge in [0.25, 0.3) is 0 Å². The van der Waals surface area contributed by atoms with Crippen molar-refractivity contribution in [3.8, 4) is 0 Å². The number of hydrogen-bond acceptors (Lipinski definition) is 2. The largest absolute Gasteiger partial charge is 0.481 e. The minimum Gasteiger partial charge on any atom is -0.481 e. The van der Waals surface area contributed by atoms with Crippen LogP contribution in [0.4, 0.5) is 0 Å². The summed E-state index contributed by atoms with van der Waals surface area (Å²) in [5.74, 6) is -1.05. The summed E-state index contributed by atoms with van der Waals surface area (Å²) >= 11 is 1.70. The van der Waals surface area contributed by atoms with Crippen LogP contribution in [0.15, 0.2) is 23.6 Å². The van der Waals surface area contributed by atoms with Gasteiger partial charge in [0.1, 0.15) is 0 Å². The Morgan fingerprint density at radius 3 is 2.94 bits per heavy atom. The second-order valence-electron chi connectivity index (χ2n) is 4.16. The molecule has 0 bridgehead atoms. The molecule has 1 unspecified atom stereocenters. The van der Waals surface area contributed by atoms with Crippen molar-refractivity contribution in [2.75, 3.05) is 0 Å². The lowest BCUT2D eigenvalue weighted by Crippen LogP contribution is -2.11. The van der Waals surface area contributed by atoms with Crippen LogP contribution in [-0.4, -0.2) is 11.1 Å². The number of hydrogen-bond donors (Lipinski definition) is 1. The molecule has 2 aromatic rings. The van der Waals surface area contributed by atoms with E-state index in [1.54, 1.807) is 18.3 Å². The molecule has 0 aliphatic heterocycles. The molecule has 0 aliphatic carbocycles. The molecule has 1 aromatic heterocycles. The molecule has 0 amide bonds. The lowest BCUT2D eigenvalue weighted by molar-refractivity contribution is -0.141. The van der Waals surface area contributed by atoms with E-state index in [0.29, 0.717) is 6.42 Å². The summed E-state index contributed by atoms with van der Waals surface area (Å²) < 4.78 is 1.27. The quantitative estimate of drug-likeness (QED) is 0.882. The number of carbonyl (C=O) groups is 1. The highest BCUT2D eigenvalue weighted by Crippen LogP contribution is 2.30. The summed E-state index contributed by atoms with van der Waals surface area (Å²) in [6.07, 6.45) is 0.610. The molecular formula is C13H14O2S. The first-order valence-corrected chi connectivity index (χ1v) is 6.16. The predicted octanol–water partition coefficient (Wildman–Crippen LogP) is 3.47. The molecule has 0 fully saturated rings. The Morgan fingerprint density at radius 2 is 2.25 bits per heavy atom. The van der Waals surface area contributed by atoms with Crippen molar-refractivity contribution in [3.63, 3.8) is 0 Å². The molecule has 84 valence electrons. The van der Waals surface area contributed by atoms with E-state index < -0.39 is 5.97 Å². The normalized spacial score (nSPS) is 12.9. The smallest absolute Gasteiger partial charge is 0.306 e. The predicted molar refractivity (Wildman–Crippen MR) is 67.1 cm³/mol. The maximum absolute atomic E-state index is 10.8. The van der Waals surface area contributed by atoms with Gasteiger partial charge in [-0.05, 0) is 35.2 Å². The number of fused-ring (bicyclic) bond motifs is 1. The van der Waals surface area contributed by atoms with Crippen molar-refractivity contribution >= 4 is 27.4 Å². The van der Waals surface area contributed by atoms with Crippen LogP contribution in [0.2, 0.25) is 0 Å². The van der Waals surface area contributed by atoms with Crippen LogP contribution in [-0.2, 0) is 11.2 Å². The van der Waals surface area contributed by atoms with Crippen LogP contribution in [0, 0.1) is 12.8 Å². The lowest BCUT2D eigenvalue weighted by Gasteiger charge is -2.04. The topological polar surface area (TPSA) is 37.3 Å². The monoisotopic (exact) mass is 234 g/mol. The van der Waals surface area contributed by atoms with E-state index in [0.717, 1.165) is 5.56 Å². The second kappa shape index (κ2) is 4.26. The molecule has 0 saturated carbocycles. The highest BCUT2D eigenvalue weighted by Gasteiger charge is 2.14. The van der Waals surface area contributed by atoms with Gasteiger partial charge in [0, 0.05) is 4.70 Å². The Hall–Kier alpha value is -1.35. The molecular weight excluding hydrogens is 220 g/mol. The SMILES string of the molecule is Cc1cccc2c(CC(C)C(=O)O)csc12. The maximum Gasteiger partial charge on any atom is 0.306 e. The van der Waals surface area contributed by atoms with Gasteiger partial charge in [-0.3, -0.25) is 4.79 Å². The third-order valence-electron chi connectivity index (χ3n) is 2.82. The number of carboxylic acids is 1. The maximum atomic E-state index is 10.8. The highest BCUT2D eigenvalue weighted by molar-refractivity contribution is 7.17. The van der Waals surface area contributed by atoms with E-state index in [9.17, 15) is 4.79 Å². The molecule has 16 heavy (non-hydrogen) atoms. The molecule has 3 heteroatoms. The van der Waals surface area contributed by atoms with Crippen molar-refractivity contribution < 1.29 is 9.90 Å². The fraction of sp³-hybridized carbons (Fsp3) is 0.308. The Morgan fingerprint density at radius 1 is 1.50 bits per heavy atom. The van der Waals surface area contributed by atoms with Crippen LogP contribution in [0.25, 0.3) is 10.1 Å². The van der Waals surface area contributed by atoms with Crippen LogP contribution < -0.4 is 0 Å². The molecule has 0 saturated heterocycles. The standard InChI is InChI=1S/C13H14O2S/c1-8-4-3-5-11-10(7-16-12(8)11)6-9(2)13(14)15/h3-5,7,9H,6H2,1-2H3,(H,14,15). The Kier molecular flexibility index (Phi) is 2.97. The summed E-state index contributed by atoms with van der Waals surface area (Å²) in [4.78, 5) is 10.8. The van der Waals surface area contributed by atoms with Crippen molar-refractivity contribution in [2.45, 2.75) is 20.3 Å². The minimum atomic E-state index is -0.730. The molecule has 0 radical (unpaired) electrons. The second-order valence-corrected chi connectivity index (χ2v) is 5.04. The zero-order chi connectivity index (χ0) is 11.7. The van der Waals surface area contributed by atoms with Gasteiger partial charge in [0.2, 0.25) is 0 Å². The zero-order valence-corrected chi connectivity index (χ0v) is 10.2. The van der Waals surface area contributed by atoms with Crippen molar-refractivity contribution in [1.29, 1.82) is 0 Å². The van der Waals surface area contributed by atoms with Crippen LogP contribution in [0.1, 0.15) is 18.1 Å². The van der Waals surface area contributed by atoms with Gasteiger partial charge < -0.3 is 5.11 Å². The zero-order valence-electron chi connectivity index (χ0n) is 9.36. The summed E-state index contributed by atoms with van der Waals surface area (Å²) in [7, 11) is 0. The first-order chi connectivity index (χ1) is 7.59. The van der Waals surface area contributed by atoms with E-state index in [1.165, 1.54) is 15.6 Å². The summed E-state index contributed by atoms with van der Waals surface area (Å²) in [5, 5.41) is 12.2. The average molecular weight is 234 g/mol. The molecule has 0 aliphatic rings. The third kappa shape index (κ3) is 1.95. The third-order valence-corrected chi connectivity index (χ3v) is 4.00. The van der Waals surface area contributed by atoms with Gasteiger partial charge in [0.15, 0.2) is 0 Å². The number of aliphatic carboxylic acids is 1. The summed E-state index contributed by atoms with van der Waals surface area (Å²) in [6, 6.07) is 6.19. The van der Waals surface area contributed by atoms with E-state index in [1.807, 2.05) is 6.07 Å². The van der Waals surface area contributed by atoms with Gasteiger partial charge in [-0.1, -0.05) is 25.1 Å². The van der Waals surface area contributed by atoms with Gasteiger partial charge >= 0.3 is 5.97 Å². The van der Waals surface area contributed by atoms with Gasteiger partial charge in [-0.15, -0.1) is 11.3 Å². The molecule has 1 N–H and O–H groups in total. The number of benzene rings is 1. The van der Waals surface area contributed by atoms with E-state index in [2.05, 4.69) is 24.4 Å². The van der Waals surface area contributed by atoms with Crippen LogP contribution >= 0.6 is 11.3 Å². The molecule has 1 heterocycles. The minimum absolute atomic E-state index is 0.321. The lowest BCUT2D eigenvalue weighted by atomic mass is 10.00. The van der Waals surface area contributed by atoms with E-state index >= 15 is 0 Å². The Labute approximate surface area is 98.5 Å².